The Bertz CT molecular complexity index is 1220. The molecule has 8 nitrogen and oxygen atoms in total. The van der Waals surface area contributed by atoms with E-state index < -0.39 is 0 Å². The Kier molecular flexibility index (Phi) is 8.16. The van der Waals surface area contributed by atoms with Crippen LogP contribution in [0.1, 0.15) is 39.5 Å². The first-order chi connectivity index (χ1) is 18.1. The molecular formula is C29H36N4O4. The fraction of sp³-hybridized carbons (Fsp3) is 0.483. The molecule has 0 radical (unpaired) electrons. The highest BCUT2D eigenvalue weighted by Crippen LogP contribution is 2.31. The van der Waals surface area contributed by atoms with Gasteiger partial charge in [0.2, 0.25) is 0 Å². The topological polar surface area (TPSA) is 85.8 Å². The Labute approximate surface area is 218 Å². The number of fused-ring (bicyclic) bond motifs is 1. The highest BCUT2D eigenvalue weighted by molar-refractivity contribution is 5.92. The van der Waals surface area contributed by atoms with E-state index in [9.17, 15) is 4.79 Å². The number of nitrogens with zero attached hydrogens (tertiary/aromatic N) is 3. The van der Waals surface area contributed by atoms with Gasteiger partial charge < -0.3 is 19.5 Å². The lowest BCUT2D eigenvalue weighted by atomic mass is 9.94. The number of aromatic nitrogens is 2. The minimum absolute atomic E-state index is 0.205. The van der Waals surface area contributed by atoms with Crippen LogP contribution >= 0.6 is 0 Å². The predicted octanol–water partition coefficient (Wildman–Crippen LogP) is 4.72. The van der Waals surface area contributed by atoms with E-state index >= 15 is 0 Å². The zero-order chi connectivity index (χ0) is 25.6. The van der Waals surface area contributed by atoms with Gasteiger partial charge in [0.05, 0.1) is 25.3 Å². The Morgan fingerprint density at radius 2 is 1.92 bits per heavy atom. The van der Waals surface area contributed by atoms with Gasteiger partial charge in [-0.2, -0.15) is 0 Å². The standard InChI is InChI=1S/C29H36N4O4/c1-3-36-25-11-12-27-26(18-25)29(30-22-7-9-23(34)10-8-22)32-28(31-27)21-5-4-6-24(17-21)37-16-14-33-13-15-35-19-20(33)2/h4-6,11-12,17-18,20,22H,3,7-10,13-16,19H2,1-2H3,(H,30,31,32). The number of ketones is 1. The third-order valence-electron chi connectivity index (χ3n) is 7.11. The summed E-state index contributed by atoms with van der Waals surface area (Å²) >= 11 is 0. The van der Waals surface area contributed by atoms with Gasteiger partial charge in [-0.25, -0.2) is 9.97 Å². The monoisotopic (exact) mass is 504 g/mol. The molecule has 2 fully saturated rings. The summed E-state index contributed by atoms with van der Waals surface area (Å²) < 4.78 is 17.4. The molecule has 1 unspecified atom stereocenters. The first-order valence-electron chi connectivity index (χ1n) is 13.4. The molecule has 1 N–H and O–H groups in total. The van der Waals surface area contributed by atoms with E-state index in [4.69, 9.17) is 24.2 Å². The fourth-order valence-electron chi connectivity index (χ4n) is 4.98. The summed E-state index contributed by atoms with van der Waals surface area (Å²) in [5.74, 6) is 3.34. The van der Waals surface area contributed by atoms with Crippen LogP contribution in [-0.2, 0) is 9.53 Å². The van der Waals surface area contributed by atoms with Crippen molar-refractivity contribution in [1.29, 1.82) is 0 Å². The second-order valence-electron chi connectivity index (χ2n) is 9.80. The molecule has 5 rings (SSSR count). The average molecular weight is 505 g/mol. The van der Waals surface area contributed by atoms with Crippen molar-refractivity contribution >= 4 is 22.5 Å². The summed E-state index contributed by atoms with van der Waals surface area (Å²) in [4.78, 5) is 24.0. The van der Waals surface area contributed by atoms with Crippen molar-refractivity contribution in [1.82, 2.24) is 14.9 Å². The number of hydrogen-bond acceptors (Lipinski definition) is 8. The number of anilines is 1. The molecule has 0 bridgehead atoms. The number of hydrogen-bond donors (Lipinski definition) is 1. The number of benzene rings is 2. The summed E-state index contributed by atoms with van der Waals surface area (Å²) in [6, 6.07) is 14.5. The third kappa shape index (κ3) is 6.37. The second-order valence-corrected chi connectivity index (χ2v) is 9.80. The minimum Gasteiger partial charge on any atom is -0.494 e. The van der Waals surface area contributed by atoms with Crippen LogP contribution in [-0.4, -0.2) is 72.3 Å². The van der Waals surface area contributed by atoms with Gasteiger partial charge in [-0.15, -0.1) is 0 Å². The highest BCUT2D eigenvalue weighted by atomic mass is 16.5. The molecule has 196 valence electrons. The molecule has 8 heteroatoms. The average Bonchev–Trinajstić information content (AvgIpc) is 2.91. The quantitative estimate of drug-likeness (QED) is 0.448. The van der Waals surface area contributed by atoms with Crippen LogP contribution in [0, 0.1) is 0 Å². The van der Waals surface area contributed by atoms with Crippen molar-refractivity contribution in [2.24, 2.45) is 0 Å². The Morgan fingerprint density at radius 3 is 2.73 bits per heavy atom. The van der Waals surface area contributed by atoms with Gasteiger partial charge in [-0.05, 0) is 57.0 Å². The van der Waals surface area contributed by atoms with Crippen LogP contribution in [0.3, 0.4) is 0 Å². The maximum Gasteiger partial charge on any atom is 0.162 e. The first-order valence-corrected chi connectivity index (χ1v) is 13.4. The second kappa shape index (κ2) is 11.9. The maximum absolute atomic E-state index is 11.8. The maximum atomic E-state index is 11.8. The van der Waals surface area contributed by atoms with Crippen LogP contribution in [0.5, 0.6) is 11.5 Å². The molecule has 0 spiro atoms. The summed E-state index contributed by atoms with van der Waals surface area (Å²) in [5, 5.41) is 4.52. The number of rotatable bonds is 9. The molecule has 1 aromatic heterocycles. The van der Waals surface area contributed by atoms with Gasteiger partial charge in [0.1, 0.15) is 29.7 Å². The summed E-state index contributed by atoms with van der Waals surface area (Å²) in [7, 11) is 0. The van der Waals surface area contributed by atoms with Gasteiger partial charge in [0.15, 0.2) is 5.82 Å². The van der Waals surface area contributed by atoms with E-state index in [2.05, 4.69) is 17.1 Å². The van der Waals surface area contributed by atoms with Crippen molar-refractivity contribution in [3.63, 3.8) is 0 Å². The highest BCUT2D eigenvalue weighted by Gasteiger charge is 2.21. The minimum atomic E-state index is 0.205. The van der Waals surface area contributed by atoms with Crippen molar-refractivity contribution in [3.05, 3.63) is 42.5 Å². The smallest absolute Gasteiger partial charge is 0.162 e. The Balaban J connectivity index is 1.38. The molecule has 1 aliphatic heterocycles. The van der Waals surface area contributed by atoms with Crippen LogP contribution in [0.15, 0.2) is 42.5 Å². The number of nitrogens with one attached hydrogen (secondary N) is 1. The summed E-state index contributed by atoms with van der Waals surface area (Å²) in [6.07, 6.45) is 2.85. The van der Waals surface area contributed by atoms with E-state index in [1.54, 1.807) is 0 Å². The van der Waals surface area contributed by atoms with Gasteiger partial charge in [0.25, 0.3) is 0 Å². The molecule has 1 saturated carbocycles. The molecule has 1 atom stereocenters. The predicted molar refractivity (Wildman–Crippen MR) is 144 cm³/mol. The molecule has 0 amide bonds. The van der Waals surface area contributed by atoms with Gasteiger partial charge in [-0.3, -0.25) is 9.69 Å². The van der Waals surface area contributed by atoms with Crippen LogP contribution in [0.2, 0.25) is 0 Å². The summed E-state index contributed by atoms with van der Waals surface area (Å²) in [6.45, 7) is 8.71. The third-order valence-corrected chi connectivity index (χ3v) is 7.11. The zero-order valence-electron chi connectivity index (χ0n) is 21.7. The lowest BCUT2D eigenvalue weighted by Gasteiger charge is -2.32. The van der Waals surface area contributed by atoms with Crippen molar-refractivity contribution in [2.75, 3.05) is 44.8 Å². The van der Waals surface area contributed by atoms with Gasteiger partial charge in [0, 0.05) is 49.0 Å². The zero-order valence-corrected chi connectivity index (χ0v) is 21.7. The van der Waals surface area contributed by atoms with E-state index in [-0.39, 0.29) is 6.04 Å². The van der Waals surface area contributed by atoms with Crippen molar-refractivity contribution in [2.45, 2.75) is 51.6 Å². The molecular weight excluding hydrogens is 468 g/mol. The lowest BCUT2D eigenvalue weighted by Crippen LogP contribution is -2.45. The van der Waals surface area contributed by atoms with E-state index in [0.29, 0.717) is 43.7 Å². The van der Waals surface area contributed by atoms with E-state index in [1.165, 1.54) is 0 Å². The van der Waals surface area contributed by atoms with E-state index in [0.717, 1.165) is 72.9 Å². The van der Waals surface area contributed by atoms with Crippen LogP contribution in [0.25, 0.3) is 22.3 Å². The lowest BCUT2D eigenvalue weighted by molar-refractivity contribution is -0.120. The Hall–Kier alpha value is -3.23. The first kappa shape index (κ1) is 25.4. The normalized spacial score (nSPS) is 19.2. The van der Waals surface area contributed by atoms with Gasteiger partial charge in [-0.1, -0.05) is 12.1 Å². The van der Waals surface area contributed by atoms with Crippen LogP contribution in [0.4, 0.5) is 5.82 Å². The summed E-state index contributed by atoms with van der Waals surface area (Å²) in [5.41, 5.74) is 1.74. The number of Topliss-reactive ketones (excluding diaryl/α,β-unsaturated/α-hetero) is 1. The molecule has 37 heavy (non-hydrogen) atoms. The fourth-order valence-corrected chi connectivity index (χ4v) is 4.98. The molecule has 3 aromatic rings. The Morgan fingerprint density at radius 1 is 1.08 bits per heavy atom. The molecule has 1 aliphatic carbocycles. The van der Waals surface area contributed by atoms with Gasteiger partial charge >= 0.3 is 0 Å². The molecule has 2 aromatic carbocycles. The van der Waals surface area contributed by atoms with Crippen molar-refractivity contribution in [3.8, 4) is 22.9 Å². The number of ether oxygens (including phenoxy) is 3. The van der Waals surface area contributed by atoms with E-state index in [1.807, 2.05) is 49.4 Å². The molecule has 1 saturated heterocycles. The molecule has 2 heterocycles. The van der Waals surface area contributed by atoms with Crippen molar-refractivity contribution < 1.29 is 19.0 Å². The van der Waals surface area contributed by atoms with Crippen LogP contribution < -0.4 is 14.8 Å². The largest absolute Gasteiger partial charge is 0.494 e. The number of carbonyl (C=O) groups excluding carboxylic acids is 1. The number of morpholine rings is 1. The SMILES string of the molecule is CCOc1ccc2nc(-c3cccc(OCCN4CCOCC4C)c3)nc(NC3CCC(=O)CC3)c2c1. The molecule has 2 aliphatic rings. The number of carbonyl (C=O) groups is 1.